The van der Waals surface area contributed by atoms with Gasteiger partial charge >= 0.3 is 0 Å². The van der Waals surface area contributed by atoms with Crippen molar-refractivity contribution >= 4 is 22.5 Å². The number of ether oxygens (including phenoxy) is 1. The van der Waals surface area contributed by atoms with E-state index in [1.165, 1.54) is 4.68 Å². The summed E-state index contributed by atoms with van der Waals surface area (Å²) in [4.78, 5) is 26.3. The van der Waals surface area contributed by atoms with E-state index in [1.54, 1.807) is 14.0 Å². The molecule has 1 atom stereocenters. The lowest BCUT2D eigenvalue weighted by Crippen LogP contribution is -2.35. The number of aryl methyl sites for hydroxylation is 2. The number of amides is 1. The first-order valence-corrected chi connectivity index (χ1v) is 10.3. The molecule has 4 aromatic rings. The fraction of sp³-hybridized carbons (Fsp3) is 0.250. The molecule has 0 bridgehead atoms. The molecule has 0 saturated carbocycles. The molecule has 0 unspecified atom stereocenters. The van der Waals surface area contributed by atoms with Gasteiger partial charge in [0.2, 0.25) is 5.91 Å². The molecule has 164 valence electrons. The minimum atomic E-state index is -0.817. The number of fused-ring (bicyclic) bond motifs is 1. The van der Waals surface area contributed by atoms with E-state index in [2.05, 4.69) is 15.6 Å². The maximum Gasteiger partial charge on any atom is 0.297 e. The fourth-order valence-corrected chi connectivity index (χ4v) is 3.60. The Kier molecular flexibility index (Phi) is 5.77. The molecule has 0 spiro atoms. The molecule has 8 nitrogen and oxygen atoms in total. The van der Waals surface area contributed by atoms with Crippen LogP contribution in [0.15, 0.2) is 57.8 Å². The third kappa shape index (κ3) is 3.87. The number of benzene rings is 2. The van der Waals surface area contributed by atoms with Crippen molar-refractivity contribution in [3.8, 4) is 17.0 Å². The van der Waals surface area contributed by atoms with Crippen LogP contribution in [0.1, 0.15) is 30.7 Å². The molecule has 1 amide bonds. The number of carbonyl (C=O) groups is 1. The summed E-state index contributed by atoms with van der Waals surface area (Å²) >= 11 is 0. The normalized spacial score (nSPS) is 12.0. The lowest BCUT2D eigenvalue weighted by atomic mass is 10.1. The van der Waals surface area contributed by atoms with Gasteiger partial charge in [0.25, 0.3) is 5.56 Å². The minimum absolute atomic E-state index is 0.143. The Balaban J connectivity index is 1.81. The Bertz CT molecular complexity index is 1320. The average Bonchev–Trinajstić information content (AvgIpc) is 3.19. The van der Waals surface area contributed by atoms with Crippen LogP contribution in [-0.2, 0) is 4.79 Å². The highest BCUT2D eigenvalue weighted by atomic mass is 16.5. The van der Waals surface area contributed by atoms with E-state index in [0.717, 1.165) is 11.1 Å². The summed E-state index contributed by atoms with van der Waals surface area (Å²) in [6, 6.07) is 13.9. The second-order valence-electron chi connectivity index (χ2n) is 7.57. The zero-order valence-corrected chi connectivity index (χ0v) is 18.4. The van der Waals surface area contributed by atoms with Gasteiger partial charge in [0.1, 0.15) is 23.2 Å². The van der Waals surface area contributed by atoms with Gasteiger partial charge in [0.05, 0.1) is 12.5 Å². The molecule has 0 radical (unpaired) electrons. The van der Waals surface area contributed by atoms with Gasteiger partial charge < -0.3 is 14.6 Å². The lowest BCUT2D eigenvalue weighted by molar-refractivity contribution is -0.119. The second kappa shape index (κ2) is 8.66. The largest absolute Gasteiger partial charge is 0.497 e. The number of hydrogen-bond donors (Lipinski definition) is 1. The molecule has 2 aromatic heterocycles. The number of nitrogens with one attached hydrogen (secondary N) is 1. The second-order valence-corrected chi connectivity index (χ2v) is 7.57. The van der Waals surface area contributed by atoms with Crippen LogP contribution in [0.2, 0.25) is 0 Å². The molecule has 0 aliphatic rings. The van der Waals surface area contributed by atoms with E-state index in [-0.39, 0.29) is 11.4 Å². The molecule has 0 fully saturated rings. The van der Waals surface area contributed by atoms with Crippen molar-refractivity contribution in [1.82, 2.24) is 14.9 Å². The van der Waals surface area contributed by atoms with Crippen LogP contribution < -0.4 is 15.6 Å². The van der Waals surface area contributed by atoms with Crippen molar-refractivity contribution in [3.05, 3.63) is 70.2 Å². The van der Waals surface area contributed by atoms with Gasteiger partial charge in [-0.05, 0) is 56.7 Å². The number of rotatable bonds is 6. The molecule has 0 saturated heterocycles. The molecule has 2 heterocycles. The van der Waals surface area contributed by atoms with Gasteiger partial charge in [0.15, 0.2) is 5.52 Å². The van der Waals surface area contributed by atoms with Gasteiger partial charge in [-0.2, -0.15) is 5.10 Å². The van der Waals surface area contributed by atoms with Crippen molar-refractivity contribution in [1.29, 1.82) is 0 Å². The summed E-state index contributed by atoms with van der Waals surface area (Å²) in [6.07, 6.45) is 0.370. The summed E-state index contributed by atoms with van der Waals surface area (Å²) in [7, 11) is 1.59. The van der Waals surface area contributed by atoms with E-state index in [0.29, 0.717) is 34.7 Å². The summed E-state index contributed by atoms with van der Waals surface area (Å²) in [5.74, 6) is 0.857. The van der Waals surface area contributed by atoms with Crippen LogP contribution in [-0.4, -0.2) is 28.0 Å². The van der Waals surface area contributed by atoms with Crippen LogP contribution in [0.25, 0.3) is 22.2 Å². The van der Waals surface area contributed by atoms with Gasteiger partial charge in [-0.25, -0.2) is 4.68 Å². The Labute approximate surface area is 184 Å². The van der Waals surface area contributed by atoms with Crippen LogP contribution >= 0.6 is 0 Å². The molecule has 2 aromatic carbocycles. The Hall–Kier alpha value is -3.94. The standard InChI is InChI=1S/C24H24N4O4/c1-5-19(23(29)25-17-10-6-14(2)7-11-17)28-24(30)22-20(15(3)32-27-22)21(26-28)16-8-12-18(31-4)13-9-16/h6-13,19H,5H2,1-4H3,(H,25,29)/t19-/m1/s1. The average molecular weight is 432 g/mol. The maximum absolute atomic E-state index is 13.2. The predicted molar refractivity (Wildman–Crippen MR) is 122 cm³/mol. The van der Waals surface area contributed by atoms with Crippen molar-refractivity contribution in [2.75, 3.05) is 12.4 Å². The van der Waals surface area contributed by atoms with E-state index < -0.39 is 11.6 Å². The summed E-state index contributed by atoms with van der Waals surface area (Å²) in [6.45, 7) is 5.54. The Morgan fingerprint density at radius 3 is 2.44 bits per heavy atom. The number of hydrogen-bond acceptors (Lipinski definition) is 6. The van der Waals surface area contributed by atoms with Gasteiger partial charge in [-0.1, -0.05) is 29.8 Å². The monoisotopic (exact) mass is 432 g/mol. The van der Waals surface area contributed by atoms with Gasteiger partial charge in [-0.3, -0.25) is 9.59 Å². The van der Waals surface area contributed by atoms with E-state index in [4.69, 9.17) is 9.26 Å². The van der Waals surface area contributed by atoms with Crippen molar-refractivity contribution in [2.45, 2.75) is 33.2 Å². The first-order chi connectivity index (χ1) is 15.4. The van der Waals surface area contributed by atoms with Crippen molar-refractivity contribution < 1.29 is 14.1 Å². The first-order valence-electron chi connectivity index (χ1n) is 10.3. The van der Waals surface area contributed by atoms with Gasteiger partial charge in [-0.15, -0.1) is 0 Å². The highest BCUT2D eigenvalue weighted by Gasteiger charge is 2.26. The molecule has 32 heavy (non-hydrogen) atoms. The predicted octanol–water partition coefficient (Wildman–Crippen LogP) is 4.27. The third-order valence-electron chi connectivity index (χ3n) is 5.39. The molecule has 0 aliphatic heterocycles. The molecule has 4 rings (SSSR count). The third-order valence-corrected chi connectivity index (χ3v) is 5.39. The minimum Gasteiger partial charge on any atom is -0.497 e. The summed E-state index contributed by atoms with van der Waals surface area (Å²) < 4.78 is 11.7. The number of nitrogens with zero attached hydrogens (tertiary/aromatic N) is 3. The summed E-state index contributed by atoms with van der Waals surface area (Å²) in [5, 5.41) is 12.0. The van der Waals surface area contributed by atoms with Crippen LogP contribution in [0, 0.1) is 13.8 Å². The summed E-state index contributed by atoms with van der Waals surface area (Å²) in [5.41, 5.74) is 2.68. The smallest absolute Gasteiger partial charge is 0.297 e. The molecule has 8 heteroatoms. The van der Waals surface area contributed by atoms with E-state index >= 15 is 0 Å². The Morgan fingerprint density at radius 1 is 1.12 bits per heavy atom. The molecular formula is C24H24N4O4. The van der Waals surface area contributed by atoms with Crippen LogP contribution in [0.5, 0.6) is 5.75 Å². The van der Waals surface area contributed by atoms with Crippen molar-refractivity contribution in [2.24, 2.45) is 0 Å². The Morgan fingerprint density at radius 2 is 1.81 bits per heavy atom. The number of aromatic nitrogens is 3. The van der Waals surface area contributed by atoms with E-state index in [1.807, 2.05) is 62.4 Å². The van der Waals surface area contributed by atoms with Gasteiger partial charge in [0, 0.05) is 11.3 Å². The maximum atomic E-state index is 13.2. The van der Waals surface area contributed by atoms with Crippen LogP contribution in [0.3, 0.4) is 0 Å². The number of anilines is 1. The quantitative estimate of drug-likeness (QED) is 0.489. The topological polar surface area (TPSA) is 99.2 Å². The van der Waals surface area contributed by atoms with E-state index in [9.17, 15) is 9.59 Å². The number of carbonyl (C=O) groups excluding carboxylic acids is 1. The highest BCUT2D eigenvalue weighted by Crippen LogP contribution is 2.29. The molecule has 1 N–H and O–H groups in total. The fourth-order valence-electron chi connectivity index (χ4n) is 3.60. The number of methoxy groups -OCH3 is 1. The lowest BCUT2D eigenvalue weighted by Gasteiger charge is -2.18. The zero-order valence-electron chi connectivity index (χ0n) is 18.4. The molecule has 0 aliphatic carbocycles. The van der Waals surface area contributed by atoms with Crippen LogP contribution in [0.4, 0.5) is 5.69 Å². The zero-order chi connectivity index (χ0) is 22.8. The molecular weight excluding hydrogens is 408 g/mol. The first kappa shape index (κ1) is 21.3. The van der Waals surface area contributed by atoms with Crippen molar-refractivity contribution in [3.63, 3.8) is 0 Å². The highest BCUT2D eigenvalue weighted by molar-refractivity contribution is 5.95. The SMILES string of the molecule is CC[C@H](C(=O)Nc1ccc(C)cc1)n1nc(-c2ccc(OC)cc2)c2c(C)onc2c1=O.